The van der Waals surface area contributed by atoms with Gasteiger partial charge in [-0.15, -0.1) is 12.4 Å². The molecule has 164 valence electrons. The van der Waals surface area contributed by atoms with Crippen LogP contribution >= 0.6 is 12.4 Å². The smallest absolute Gasteiger partial charge is 0.162 e. The summed E-state index contributed by atoms with van der Waals surface area (Å²) in [6.45, 7) is 0.798. The summed E-state index contributed by atoms with van der Waals surface area (Å²) in [5.41, 5.74) is 1.39. The molecule has 0 radical (unpaired) electrons. The van der Waals surface area contributed by atoms with E-state index in [1.165, 1.54) is 12.1 Å². The molecule has 0 saturated heterocycles. The second-order valence-corrected chi connectivity index (χ2v) is 7.66. The molecule has 30 heavy (non-hydrogen) atoms. The number of hydrogen-bond acceptors (Lipinski definition) is 4. The Morgan fingerprint density at radius 1 is 1.10 bits per heavy atom. The number of rotatable bonds is 9. The molecule has 0 heterocycles. The fourth-order valence-corrected chi connectivity index (χ4v) is 4.23. The van der Waals surface area contributed by atoms with Crippen LogP contribution in [0.25, 0.3) is 0 Å². The Labute approximate surface area is 184 Å². The van der Waals surface area contributed by atoms with Crippen LogP contribution in [-0.2, 0) is 10.3 Å². The van der Waals surface area contributed by atoms with Crippen LogP contribution in [0.4, 0.5) is 4.39 Å². The van der Waals surface area contributed by atoms with Gasteiger partial charge in [-0.1, -0.05) is 18.2 Å². The van der Waals surface area contributed by atoms with Crippen LogP contribution in [0.2, 0.25) is 0 Å². The van der Waals surface area contributed by atoms with Gasteiger partial charge in [0, 0.05) is 30.7 Å². The SMILES string of the molecule is COc1ccccc1C1(OC)CCC(NCCCC(=O)c2ccc(F)cc2)CC1.Cl. The lowest BCUT2D eigenvalue weighted by Gasteiger charge is -2.40. The van der Waals surface area contributed by atoms with E-state index < -0.39 is 0 Å². The molecule has 2 aromatic carbocycles. The van der Waals surface area contributed by atoms with E-state index in [-0.39, 0.29) is 29.6 Å². The maximum Gasteiger partial charge on any atom is 0.162 e. The third-order valence-corrected chi connectivity index (χ3v) is 5.96. The van der Waals surface area contributed by atoms with Crippen molar-refractivity contribution in [3.63, 3.8) is 0 Å². The van der Waals surface area contributed by atoms with E-state index >= 15 is 0 Å². The highest BCUT2D eigenvalue weighted by Gasteiger charge is 2.38. The van der Waals surface area contributed by atoms with Gasteiger partial charge in [0.1, 0.15) is 11.6 Å². The lowest BCUT2D eigenvalue weighted by molar-refractivity contribution is -0.0514. The van der Waals surface area contributed by atoms with Crippen LogP contribution in [0.5, 0.6) is 5.75 Å². The Bertz CT molecular complexity index is 804. The number of benzene rings is 2. The number of carbonyl (C=O) groups is 1. The summed E-state index contributed by atoms with van der Waals surface area (Å²) >= 11 is 0. The van der Waals surface area contributed by atoms with E-state index in [1.54, 1.807) is 26.4 Å². The quantitative estimate of drug-likeness (QED) is 0.429. The molecule has 0 spiro atoms. The number of ketones is 1. The third-order valence-electron chi connectivity index (χ3n) is 5.96. The molecule has 0 bridgehead atoms. The molecular formula is C24H31ClFNO3. The Hall–Kier alpha value is -1.95. The van der Waals surface area contributed by atoms with Crippen LogP contribution in [-0.4, -0.2) is 32.6 Å². The standard InChI is InChI=1S/C24H30FNO3.ClH/c1-28-23-8-4-3-6-21(23)24(29-2)15-13-20(14-16-24)26-17-5-7-22(27)18-9-11-19(25)12-10-18;/h3-4,6,8-12,20,26H,5,7,13-17H2,1-2H3;1H. The van der Waals surface area contributed by atoms with E-state index in [0.717, 1.165) is 50.0 Å². The van der Waals surface area contributed by atoms with Gasteiger partial charge in [-0.05, 0) is 69.0 Å². The first-order valence-electron chi connectivity index (χ1n) is 10.3. The van der Waals surface area contributed by atoms with Gasteiger partial charge in [0.15, 0.2) is 5.78 Å². The second-order valence-electron chi connectivity index (χ2n) is 7.66. The summed E-state index contributed by atoms with van der Waals surface area (Å²) < 4.78 is 24.5. The fourth-order valence-electron chi connectivity index (χ4n) is 4.23. The number of halogens is 2. The Morgan fingerprint density at radius 3 is 2.40 bits per heavy atom. The molecule has 4 nitrogen and oxygen atoms in total. The zero-order chi connectivity index (χ0) is 20.7. The molecule has 0 aromatic heterocycles. The number of nitrogens with one attached hydrogen (secondary N) is 1. The Kier molecular flexibility index (Phi) is 9.28. The van der Waals surface area contributed by atoms with Gasteiger partial charge >= 0.3 is 0 Å². The second kappa shape index (κ2) is 11.4. The molecule has 0 atom stereocenters. The van der Waals surface area contributed by atoms with Crippen LogP contribution in [0.3, 0.4) is 0 Å². The van der Waals surface area contributed by atoms with E-state index in [1.807, 2.05) is 18.2 Å². The van der Waals surface area contributed by atoms with Crippen molar-refractivity contribution >= 4 is 18.2 Å². The molecular weight excluding hydrogens is 405 g/mol. The summed E-state index contributed by atoms with van der Waals surface area (Å²) in [5, 5.41) is 3.58. The van der Waals surface area contributed by atoms with Crippen molar-refractivity contribution in [2.75, 3.05) is 20.8 Å². The van der Waals surface area contributed by atoms with Crippen molar-refractivity contribution in [3.05, 3.63) is 65.5 Å². The lowest BCUT2D eigenvalue weighted by Crippen LogP contribution is -2.41. The molecule has 1 fully saturated rings. The van der Waals surface area contributed by atoms with E-state index in [2.05, 4.69) is 11.4 Å². The van der Waals surface area contributed by atoms with E-state index in [4.69, 9.17) is 9.47 Å². The number of ether oxygens (including phenoxy) is 2. The molecule has 0 unspecified atom stereocenters. The molecule has 6 heteroatoms. The van der Waals surface area contributed by atoms with Gasteiger partial charge < -0.3 is 14.8 Å². The van der Waals surface area contributed by atoms with Gasteiger partial charge in [-0.2, -0.15) is 0 Å². The van der Waals surface area contributed by atoms with Gasteiger partial charge in [0.05, 0.1) is 12.7 Å². The zero-order valence-corrected chi connectivity index (χ0v) is 18.5. The maximum absolute atomic E-state index is 13.0. The summed E-state index contributed by atoms with van der Waals surface area (Å²) in [7, 11) is 3.48. The predicted octanol–water partition coefficient (Wildman–Crippen LogP) is 5.29. The number of hydrogen-bond donors (Lipinski definition) is 1. The largest absolute Gasteiger partial charge is 0.496 e. The number of carbonyl (C=O) groups excluding carboxylic acids is 1. The molecule has 1 aliphatic rings. The average Bonchev–Trinajstić information content (AvgIpc) is 2.77. The molecule has 1 saturated carbocycles. The van der Waals surface area contributed by atoms with E-state index in [9.17, 15) is 9.18 Å². The number of para-hydroxylation sites is 1. The molecule has 0 aliphatic heterocycles. The minimum Gasteiger partial charge on any atom is -0.496 e. The van der Waals surface area contributed by atoms with Gasteiger partial charge in [-0.3, -0.25) is 4.79 Å². The first-order chi connectivity index (χ1) is 14.1. The van der Waals surface area contributed by atoms with Crippen LogP contribution in [0.15, 0.2) is 48.5 Å². The van der Waals surface area contributed by atoms with Gasteiger partial charge in [-0.25, -0.2) is 4.39 Å². The van der Waals surface area contributed by atoms with Crippen molar-refractivity contribution in [1.29, 1.82) is 0 Å². The Morgan fingerprint density at radius 2 is 1.77 bits per heavy atom. The third kappa shape index (κ3) is 5.81. The monoisotopic (exact) mass is 435 g/mol. The summed E-state index contributed by atoms with van der Waals surface area (Å²) in [6, 6.07) is 14.3. The molecule has 0 amide bonds. The summed E-state index contributed by atoms with van der Waals surface area (Å²) in [6.07, 6.45) is 5.12. The van der Waals surface area contributed by atoms with Crippen molar-refractivity contribution in [1.82, 2.24) is 5.32 Å². The number of methoxy groups -OCH3 is 2. The summed E-state index contributed by atoms with van der Waals surface area (Å²) in [4.78, 5) is 12.2. The molecule has 2 aromatic rings. The maximum atomic E-state index is 13.0. The van der Waals surface area contributed by atoms with Gasteiger partial charge in [0.2, 0.25) is 0 Å². The van der Waals surface area contributed by atoms with Crippen LogP contribution < -0.4 is 10.1 Å². The summed E-state index contributed by atoms with van der Waals surface area (Å²) in [5.74, 6) is 0.617. The molecule has 1 aliphatic carbocycles. The first kappa shape index (κ1) is 24.3. The fraction of sp³-hybridized carbons (Fsp3) is 0.458. The highest BCUT2D eigenvalue weighted by atomic mass is 35.5. The van der Waals surface area contributed by atoms with Crippen LogP contribution in [0.1, 0.15) is 54.4 Å². The highest BCUT2D eigenvalue weighted by Crippen LogP contribution is 2.43. The van der Waals surface area contributed by atoms with Crippen molar-refractivity contribution in [3.8, 4) is 5.75 Å². The minimum atomic E-state index is -0.319. The molecule has 3 rings (SSSR count). The zero-order valence-electron chi connectivity index (χ0n) is 17.7. The van der Waals surface area contributed by atoms with Crippen molar-refractivity contribution < 1.29 is 18.7 Å². The van der Waals surface area contributed by atoms with Crippen molar-refractivity contribution in [2.45, 2.75) is 50.2 Å². The molecule has 1 N–H and O–H groups in total. The van der Waals surface area contributed by atoms with E-state index in [0.29, 0.717) is 18.0 Å². The first-order valence-corrected chi connectivity index (χ1v) is 10.3. The minimum absolute atomic E-state index is 0. The predicted molar refractivity (Wildman–Crippen MR) is 119 cm³/mol. The number of Topliss-reactive ketones (excluding diaryl/α,β-unsaturated/α-hetero) is 1. The normalized spacial score (nSPS) is 21.0. The average molecular weight is 436 g/mol. The van der Waals surface area contributed by atoms with Crippen molar-refractivity contribution in [2.24, 2.45) is 0 Å². The topological polar surface area (TPSA) is 47.6 Å². The van der Waals surface area contributed by atoms with Gasteiger partial charge in [0.25, 0.3) is 0 Å². The Balaban J connectivity index is 0.00000320. The lowest BCUT2D eigenvalue weighted by atomic mass is 9.77. The highest BCUT2D eigenvalue weighted by molar-refractivity contribution is 5.95. The van der Waals surface area contributed by atoms with Crippen LogP contribution in [0, 0.1) is 5.82 Å².